The number of benzene rings is 2. The van der Waals surface area contributed by atoms with Gasteiger partial charge in [0.15, 0.2) is 0 Å². The van der Waals surface area contributed by atoms with Gasteiger partial charge >= 0.3 is 6.18 Å². The van der Waals surface area contributed by atoms with Crippen LogP contribution in [-0.4, -0.2) is 12.4 Å². The first-order valence-electron chi connectivity index (χ1n) is 9.96. The van der Waals surface area contributed by atoms with Crippen LogP contribution in [0.5, 0.6) is 5.75 Å². The zero-order chi connectivity index (χ0) is 21.5. The van der Waals surface area contributed by atoms with Crippen LogP contribution >= 0.6 is 11.6 Å². The molecule has 2 nitrogen and oxygen atoms in total. The van der Waals surface area contributed by atoms with Gasteiger partial charge in [-0.1, -0.05) is 23.7 Å². The fourth-order valence-electron chi connectivity index (χ4n) is 4.67. The lowest BCUT2D eigenvalue weighted by Gasteiger charge is -2.36. The Morgan fingerprint density at radius 2 is 1.87 bits per heavy atom. The van der Waals surface area contributed by atoms with Gasteiger partial charge in [0, 0.05) is 28.8 Å². The van der Waals surface area contributed by atoms with Crippen molar-refractivity contribution >= 4 is 17.4 Å². The van der Waals surface area contributed by atoms with Crippen LogP contribution in [-0.2, 0) is 22.8 Å². The second kappa shape index (κ2) is 7.88. The molecule has 2 aromatic rings. The summed E-state index contributed by atoms with van der Waals surface area (Å²) >= 11 is 5.74. The highest BCUT2D eigenvalue weighted by molar-refractivity contribution is 6.30. The molecule has 1 aliphatic heterocycles. The number of alkyl halides is 3. The number of halogens is 5. The molecule has 2 aromatic carbocycles. The standard InChI is InChI=1S/C23H21ClF4O2/c24-17-3-1-15(20(25)12-17)10-18(29)9-14-5-7-22(8-6-14)13-30-21-11-16(23(26,27)28)2-4-19(21)22/h1-4,11-12,14H,5-10,13H2. The fourth-order valence-corrected chi connectivity index (χ4v) is 4.83. The number of ether oxygens (including phenoxy) is 1. The van der Waals surface area contributed by atoms with Crippen molar-refractivity contribution in [3.63, 3.8) is 0 Å². The zero-order valence-corrected chi connectivity index (χ0v) is 17.0. The zero-order valence-electron chi connectivity index (χ0n) is 16.2. The van der Waals surface area contributed by atoms with Crippen LogP contribution in [0.15, 0.2) is 36.4 Å². The summed E-state index contributed by atoms with van der Waals surface area (Å²) < 4.78 is 58.4. The Balaban J connectivity index is 1.37. The third kappa shape index (κ3) is 4.20. The van der Waals surface area contributed by atoms with E-state index in [1.165, 1.54) is 12.1 Å². The van der Waals surface area contributed by atoms with E-state index in [0.29, 0.717) is 29.4 Å². The lowest BCUT2D eigenvalue weighted by molar-refractivity contribution is -0.137. The first-order chi connectivity index (χ1) is 14.2. The van der Waals surface area contributed by atoms with E-state index >= 15 is 0 Å². The quantitative estimate of drug-likeness (QED) is 0.506. The van der Waals surface area contributed by atoms with Gasteiger partial charge in [-0.15, -0.1) is 0 Å². The number of rotatable bonds is 4. The van der Waals surface area contributed by atoms with Crippen LogP contribution in [0.4, 0.5) is 17.6 Å². The molecule has 0 atom stereocenters. The Bertz CT molecular complexity index is 962. The Labute approximate surface area is 177 Å². The van der Waals surface area contributed by atoms with Gasteiger partial charge in [0.25, 0.3) is 0 Å². The van der Waals surface area contributed by atoms with Crippen LogP contribution in [0, 0.1) is 11.7 Å². The molecule has 0 saturated heterocycles. The van der Waals surface area contributed by atoms with Crippen molar-refractivity contribution in [2.75, 3.05) is 6.61 Å². The van der Waals surface area contributed by atoms with E-state index in [-0.39, 0.29) is 23.5 Å². The van der Waals surface area contributed by atoms with Crippen molar-refractivity contribution in [2.24, 2.45) is 5.92 Å². The monoisotopic (exact) mass is 440 g/mol. The van der Waals surface area contributed by atoms with Crippen molar-refractivity contribution in [1.29, 1.82) is 0 Å². The van der Waals surface area contributed by atoms with Crippen molar-refractivity contribution < 1.29 is 27.1 Å². The largest absolute Gasteiger partial charge is 0.492 e. The SMILES string of the molecule is O=C(Cc1ccc(Cl)cc1F)CC1CCC2(CC1)COc1cc(C(F)(F)F)ccc12. The molecule has 4 rings (SSSR count). The summed E-state index contributed by atoms with van der Waals surface area (Å²) in [6.45, 7) is 0.375. The van der Waals surface area contributed by atoms with Gasteiger partial charge < -0.3 is 4.74 Å². The second-order valence-electron chi connectivity index (χ2n) is 8.38. The Kier molecular flexibility index (Phi) is 5.56. The van der Waals surface area contributed by atoms with Crippen molar-refractivity contribution in [3.8, 4) is 5.75 Å². The first kappa shape index (κ1) is 21.2. The van der Waals surface area contributed by atoms with Gasteiger partial charge in [-0.2, -0.15) is 13.2 Å². The Morgan fingerprint density at radius 1 is 1.13 bits per heavy atom. The Hall–Kier alpha value is -2.08. The van der Waals surface area contributed by atoms with Crippen LogP contribution in [0.25, 0.3) is 0 Å². The first-order valence-corrected chi connectivity index (χ1v) is 10.3. The third-order valence-corrected chi connectivity index (χ3v) is 6.60. The molecule has 160 valence electrons. The summed E-state index contributed by atoms with van der Waals surface area (Å²) in [5.41, 5.74) is 0.201. The van der Waals surface area contributed by atoms with Crippen LogP contribution in [0.1, 0.15) is 48.8 Å². The minimum absolute atomic E-state index is 0.0185. The minimum atomic E-state index is -4.39. The van der Waals surface area contributed by atoms with Crippen molar-refractivity contribution in [3.05, 3.63) is 63.9 Å². The lowest BCUT2D eigenvalue weighted by Crippen LogP contribution is -2.34. The van der Waals surface area contributed by atoms with Crippen LogP contribution in [0.2, 0.25) is 5.02 Å². The van der Waals surface area contributed by atoms with Crippen molar-refractivity contribution in [1.82, 2.24) is 0 Å². The average Bonchev–Trinajstić information content (AvgIpc) is 3.03. The predicted molar refractivity (Wildman–Crippen MR) is 105 cm³/mol. The smallest absolute Gasteiger partial charge is 0.416 e. The number of Topliss-reactive ketones (excluding diaryl/α,β-unsaturated/α-hetero) is 1. The number of hydrogen-bond donors (Lipinski definition) is 0. The van der Waals surface area contributed by atoms with Gasteiger partial charge in [0.05, 0.1) is 12.2 Å². The maximum absolute atomic E-state index is 13.9. The summed E-state index contributed by atoms with van der Waals surface area (Å²) in [4.78, 5) is 12.4. The third-order valence-electron chi connectivity index (χ3n) is 6.37. The molecule has 1 aliphatic carbocycles. The van der Waals surface area contributed by atoms with E-state index in [1.807, 2.05) is 0 Å². The average molecular weight is 441 g/mol. The van der Waals surface area contributed by atoms with Gasteiger partial charge in [-0.3, -0.25) is 4.79 Å². The topological polar surface area (TPSA) is 26.3 Å². The summed E-state index contributed by atoms with van der Waals surface area (Å²) in [5, 5.41) is 0.294. The summed E-state index contributed by atoms with van der Waals surface area (Å²) in [7, 11) is 0. The van der Waals surface area contributed by atoms with E-state index in [2.05, 4.69) is 0 Å². The summed E-state index contributed by atoms with van der Waals surface area (Å²) in [6.07, 6.45) is -0.875. The molecule has 30 heavy (non-hydrogen) atoms. The number of carbonyl (C=O) groups excluding carboxylic acids is 1. The number of carbonyl (C=O) groups is 1. The van der Waals surface area contributed by atoms with E-state index in [4.69, 9.17) is 16.3 Å². The lowest BCUT2D eigenvalue weighted by atomic mass is 9.67. The van der Waals surface area contributed by atoms with Gasteiger partial charge in [-0.05, 0) is 61.4 Å². The molecule has 1 spiro atoms. The summed E-state index contributed by atoms with van der Waals surface area (Å²) in [6, 6.07) is 8.05. The maximum atomic E-state index is 13.9. The van der Waals surface area contributed by atoms with Crippen molar-refractivity contribution in [2.45, 2.75) is 50.1 Å². The normalized spacial score (nSPS) is 23.3. The highest BCUT2D eigenvalue weighted by Crippen LogP contribution is 2.50. The second-order valence-corrected chi connectivity index (χ2v) is 8.81. The fraction of sp³-hybridized carbons (Fsp3) is 0.435. The Morgan fingerprint density at radius 3 is 2.53 bits per heavy atom. The molecule has 0 aromatic heterocycles. The summed E-state index contributed by atoms with van der Waals surface area (Å²) in [5.74, 6) is 0.0148. The van der Waals surface area contributed by atoms with Gasteiger partial charge in [-0.25, -0.2) is 4.39 Å². The minimum Gasteiger partial charge on any atom is -0.492 e. The van der Waals surface area contributed by atoms with E-state index in [9.17, 15) is 22.4 Å². The molecule has 2 aliphatic rings. The molecule has 0 amide bonds. The van der Waals surface area contributed by atoms with Crippen LogP contribution in [0.3, 0.4) is 0 Å². The number of ketones is 1. The molecular weight excluding hydrogens is 420 g/mol. The maximum Gasteiger partial charge on any atom is 0.416 e. The van der Waals surface area contributed by atoms with E-state index < -0.39 is 17.6 Å². The molecule has 0 unspecified atom stereocenters. The van der Waals surface area contributed by atoms with Crippen LogP contribution < -0.4 is 4.74 Å². The molecule has 0 bridgehead atoms. The molecule has 1 fully saturated rings. The molecular formula is C23H21ClF4O2. The highest BCUT2D eigenvalue weighted by Gasteiger charge is 2.44. The molecule has 1 saturated carbocycles. The van der Waals surface area contributed by atoms with E-state index in [1.54, 1.807) is 12.1 Å². The molecule has 1 heterocycles. The van der Waals surface area contributed by atoms with Gasteiger partial charge in [0.2, 0.25) is 0 Å². The molecule has 7 heteroatoms. The molecule has 0 N–H and O–H groups in total. The van der Waals surface area contributed by atoms with Gasteiger partial charge in [0.1, 0.15) is 17.3 Å². The highest BCUT2D eigenvalue weighted by atomic mass is 35.5. The van der Waals surface area contributed by atoms with E-state index in [0.717, 1.165) is 43.4 Å². The number of fused-ring (bicyclic) bond motifs is 2. The predicted octanol–water partition coefficient (Wildman–Crippen LogP) is 6.52. The molecule has 0 radical (unpaired) electrons. The number of hydrogen-bond acceptors (Lipinski definition) is 2.